The molecule has 0 radical (unpaired) electrons. The Morgan fingerprint density at radius 1 is 1.24 bits per heavy atom. The first-order chi connectivity index (χ1) is 13.9. The standard InChI is InChI=1S/C23H23FN2O3/c1-17-12-19(14-27)4-7-21(17)29-15-22(28)26-10-8-23(16-25,9-11-26)13-18-2-5-20(24)6-3-18/h2-7,12,14H,8-11,13,15H2,1H3. The summed E-state index contributed by atoms with van der Waals surface area (Å²) in [5.41, 5.74) is 1.73. The molecule has 0 saturated carbocycles. The van der Waals surface area contributed by atoms with E-state index in [4.69, 9.17) is 4.74 Å². The zero-order valence-corrected chi connectivity index (χ0v) is 16.4. The number of aryl methyl sites for hydroxylation is 1. The summed E-state index contributed by atoms with van der Waals surface area (Å²) in [7, 11) is 0. The molecule has 2 aromatic rings. The highest BCUT2D eigenvalue weighted by Gasteiger charge is 2.36. The molecule has 1 aliphatic rings. The maximum absolute atomic E-state index is 13.1. The van der Waals surface area contributed by atoms with Crippen molar-refractivity contribution in [1.82, 2.24) is 4.90 Å². The number of hydrogen-bond donors (Lipinski definition) is 0. The third-order valence-electron chi connectivity index (χ3n) is 5.45. The Morgan fingerprint density at radius 2 is 1.93 bits per heavy atom. The van der Waals surface area contributed by atoms with Gasteiger partial charge in [0.05, 0.1) is 11.5 Å². The van der Waals surface area contributed by atoms with Gasteiger partial charge in [0.2, 0.25) is 0 Å². The lowest BCUT2D eigenvalue weighted by Crippen LogP contribution is -2.45. The minimum atomic E-state index is -0.545. The summed E-state index contributed by atoms with van der Waals surface area (Å²) in [6.45, 7) is 2.71. The SMILES string of the molecule is Cc1cc(C=O)ccc1OCC(=O)N1CCC(C#N)(Cc2ccc(F)cc2)CC1. The third kappa shape index (κ3) is 5.00. The van der Waals surface area contributed by atoms with E-state index in [-0.39, 0.29) is 18.3 Å². The molecule has 0 aromatic heterocycles. The van der Waals surface area contributed by atoms with Gasteiger partial charge in [-0.2, -0.15) is 5.26 Å². The van der Waals surface area contributed by atoms with Crippen molar-refractivity contribution in [3.8, 4) is 11.8 Å². The molecule has 0 atom stereocenters. The van der Waals surface area contributed by atoms with Crippen LogP contribution in [0.25, 0.3) is 0 Å². The lowest BCUT2D eigenvalue weighted by Gasteiger charge is -2.37. The quantitative estimate of drug-likeness (QED) is 0.701. The van der Waals surface area contributed by atoms with E-state index in [2.05, 4.69) is 6.07 Å². The summed E-state index contributed by atoms with van der Waals surface area (Å²) < 4.78 is 18.7. The number of aldehydes is 1. The van der Waals surface area contributed by atoms with Gasteiger partial charge in [-0.05, 0) is 67.6 Å². The molecule has 1 amide bonds. The number of piperidine rings is 1. The van der Waals surface area contributed by atoms with Crippen molar-refractivity contribution >= 4 is 12.2 Å². The molecule has 0 unspecified atom stereocenters. The Bertz CT molecular complexity index is 926. The van der Waals surface area contributed by atoms with E-state index in [0.717, 1.165) is 17.4 Å². The molecule has 6 heteroatoms. The van der Waals surface area contributed by atoms with Gasteiger partial charge in [-0.3, -0.25) is 9.59 Å². The van der Waals surface area contributed by atoms with Gasteiger partial charge in [0.15, 0.2) is 6.61 Å². The Labute approximate surface area is 169 Å². The summed E-state index contributed by atoms with van der Waals surface area (Å²) in [5.74, 6) is 0.150. The van der Waals surface area contributed by atoms with Gasteiger partial charge in [-0.1, -0.05) is 12.1 Å². The summed E-state index contributed by atoms with van der Waals surface area (Å²) in [6.07, 6.45) is 2.45. The van der Waals surface area contributed by atoms with Crippen LogP contribution >= 0.6 is 0 Å². The molecule has 1 saturated heterocycles. The largest absolute Gasteiger partial charge is 0.483 e. The van der Waals surface area contributed by atoms with E-state index in [1.807, 2.05) is 6.92 Å². The maximum atomic E-state index is 13.1. The first-order valence-corrected chi connectivity index (χ1v) is 9.57. The Balaban J connectivity index is 1.55. The third-order valence-corrected chi connectivity index (χ3v) is 5.45. The highest BCUT2D eigenvalue weighted by Crippen LogP contribution is 2.34. The van der Waals surface area contributed by atoms with Gasteiger partial charge >= 0.3 is 0 Å². The maximum Gasteiger partial charge on any atom is 0.260 e. The van der Waals surface area contributed by atoms with Crippen molar-refractivity contribution in [2.24, 2.45) is 5.41 Å². The van der Waals surface area contributed by atoms with Crippen molar-refractivity contribution < 1.29 is 18.7 Å². The van der Waals surface area contributed by atoms with Crippen LogP contribution in [0.3, 0.4) is 0 Å². The molecule has 0 N–H and O–H groups in total. The Morgan fingerprint density at radius 3 is 2.52 bits per heavy atom. The van der Waals surface area contributed by atoms with Crippen LogP contribution in [0.5, 0.6) is 5.75 Å². The summed E-state index contributed by atoms with van der Waals surface area (Å²) in [4.78, 5) is 25.0. The second-order valence-electron chi connectivity index (χ2n) is 7.51. The van der Waals surface area contributed by atoms with Crippen LogP contribution in [0.1, 0.15) is 34.3 Å². The molecule has 1 fully saturated rings. The van der Waals surface area contributed by atoms with Gasteiger partial charge in [0.1, 0.15) is 17.9 Å². The lowest BCUT2D eigenvalue weighted by atomic mass is 9.75. The molecule has 29 heavy (non-hydrogen) atoms. The van der Waals surface area contributed by atoms with Gasteiger partial charge in [-0.15, -0.1) is 0 Å². The molecule has 0 bridgehead atoms. The van der Waals surface area contributed by atoms with Crippen molar-refractivity contribution in [2.45, 2.75) is 26.2 Å². The molecular formula is C23H23FN2O3. The van der Waals surface area contributed by atoms with Crippen LogP contribution in [-0.4, -0.2) is 36.8 Å². The minimum Gasteiger partial charge on any atom is -0.483 e. The van der Waals surface area contributed by atoms with E-state index < -0.39 is 5.41 Å². The normalized spacial score (nSPS) is 15.4. The highest BCUT2D eigenvalue weighted by molar-refractivity contribution is 5.78. The van der Waals surface area contributed by atoms with Crippen molar-refractivity contribution in [3.05, 3.63) is 65.0 Å². The van der Waals surface area contributed by atoms with E-state index in [1.165, 1.54) is 12.1 Å². The molecule has 0 spiro atoms. The molecule has 3 rings (SSSR count). The number of carbonyl (C=O) groups is 2. The summed E-state index contributed by atoms with van der Waals surface area (Å²) in [5, 5.41) is 9.73. The van der Waals surface area contributed by atoms with Crippen LogP contribution in [0.2, 0.25) is 0 Å². The summed E-state index contributed by atoms with van der Waals surface area (Å²) >= 11 is 0. The monoisotopic (exact) mass is 394 g/mol. The zero-order chi connectivity index (χ0) is 20.9. The number of carbonyl (C=O) groups excluding carboxylic acids is 2. The fourth-order valence-electron chi connectivity index (χ4n) is 3.64. The van der Waals surface area contributed by atoms with E-state index >= 15 is 0 Å². The second-order valence-corrected chi connectivity index (χ2v) is 7.51. The fraction of sp³-hybridized carbons (Fsp3) is 0.348. The number of likely N-dealkylation sites (tertiary alicyclic amines) is 1. The van der Waals surface area contributed by atoms with Crippen LogP contribution in [-0.2, 0) is 11.2 Å². The van der Waals surface area contributed by atoms with Crippen LogP contribution in [0.4, 0.5) is 4.39 Å². The predicted molar refractivity (Wildman–Crippen MR) is 106 cm³/mol. The lowest BCUT2D eigenvalue weighted by molar-refractivity contribution is -0.135. The van der Waals surface area contributed by atoms with E-state index in [9.17, 15) is 19.2 Å². The fourth-order valence-corrected chi connectivity index (χ4v) is 3.64. The number of hydrogen-bond acceptors (Lipinski definition) is 4. The van der Waals surface area contributed by atoms with Crippen LogP contribution < -0.4 is 4.74 Å². The van der Waals surface area contributed by atoms with Gasteiger partial charge in [0.25, 0.3) is 5.91 Å². The smallest absolute Gasteiger partial charge is 0.260 e. The topological polar surface area (TPSA) is 70.4 Å². The van der Waals surface area contributed by atoms with E-state index in [0.29, 0.717) is 43.7 Å². The predicted octanol–water partition coefficient (Wildman–Crippen LogP) is 3.70. The van der Waals surface area contributed by atoms with Crippen molar-refractivity contribution in [3.63, 3.8) is 0 Å². The Kier molecular flexibility index (Phi) is 6.28. The first kappa shape index (κ1) is 20.5. The van der Waals surface area contributed by atoms with Crippen molar-refractivity contribution in [1.29, 1.82) is 5.26 Å². The zero-order valence-electron chi connectivity index (χ0n) is 16.4. The number of amides is 1. The van der Waals surface area contributed by atoms with Crippen molar-refractivity contribution in [2.75, 3.05) is 19.7 Å². The highest BCUT2D eigenvalue weighted by atomic mass is 19.1. The van der Waals surface area contributed by atoms with Gasteiger partial charge in [0, 0.05) is 18.7 Å². The minimum absolute atomic E-state index is 0.0845. The van der Waals surface area contributed by atoms with Gasteiger partial charge in [-0.25, -0.2) is 4.39 Å². The molecular weight excluding hydrogens is 371 g/mol. The van der Waals surface area contributed by atoms with Gasteiger partial charge < -0.3 is 9.64 Å². The summed E-state index contributed by atoms with van der Waals surface area (Å²) in [6, 6.07) is 13.7. The van der Waals surface area contributed by atoms with Crippen LogP contribution in [0.15, 0.2) is 42.5 Å². The number of halogens is 1. The number of nitriles is 1. The average molecular weight is 394 g/mol. The van der Waals surface area contributed by atoms with Crippen LogP contribution in [0, 0.1) is 29.5 Å². The molecule has 2 aromatic carbocycles. The number of ether oxygens (including phenoxy) is 1. The molecule has 5 nitrogen and oxygen atoms in total. The molecule has 1 aliphatic heterocycles. The molecule has 150 valence electrons. The number of rotatable bonds is 6. The number of benzene rings is 2. The molecule has 1 heterocycles. The van der Waals surface area contributed by atoms with E-state index in [1.54, 1.807) is 35.2 Å². The first-order valence-electron chi connectivity index (χ1n) is 9.57. The molecule has 0 aliphatic carbocycles. The number of nitrogens with zero attached hydrogens (tertiary/aromatic N) is 2. The Hall–Kier alpha value is -3.20. The second kappa shape index (κ2) is 8.87. The average Bonchev–Trinajstić information content (AvgIpc) is 2.74.